The average molecular weight is 171 g/mol. The molecule has 2 rings (SSSR count). The Bertz CT molecular complexity index is 216. The van der Waals surface area contributed by atoms with E-state index in [1.54, 1.807) is 7.11 Å². The molecule has 2 saturated heterocycles. The van der Waals surface area contributed by atoms with E-state index in [9.17, 15) is 4.79 Å². The lowest BCUT2D eigenvalue weighted by atomic mass is 10.3. The maximum absolute atomic E-state index is 11.2. The van der Waals surface area contributed by atoms with Gasteiger partial charge in [-0.3, -0.25) is 9.69 Å². The van der Waals surface area contributed by atoms with Crippen molar-refractivity contribution in [1.29, 1.82) is 0 Å². The molecule has 0 spiro atoms. The summed E-state index contributed by atoms with van der Waals surface area (Å²) in [5.41, 5.74) is 0. The van der Waals surface area contributed by atoms with Gasteiger partial charge in [0.05, 0.1) is 0 Å². The number of ether oxygens (including phenoxy) is 2. The first-order chi connectivity index (χ1) is 5.66. The maximum Gasteiger partial charge on any atom is 0.327 e. The van der Waals surface area contributed by atoms with Crippen LogP contribution in [0.1, 0.15) is 13.8 Å². The van der Waals surface area contributed by atoms with E-state index in [4.69, 9.17) is 9.47 Å². The minimum atomic E-state index is -0.343. The molecule has 0 aromatic heterocycles. The van der Waals surface area contributed by atoms with Crippen molar-refractivity contribution in [2.75, 3.05) is 7.11 Å². The van der Waals surface area contributed by atoms with Crippen LogP contribution < -0.4 is 0 Å². The highest BCUT2D eigenvalue weighted by molar-refractivity contribution is 5.83. The molecular weight excluding hydrogens is 158 g/mol. The minimum absolute atomic E-state index is 0.0325. The fourth-order valence-corrected chi connectivity index (χ4v) is 1.92. The van der Waals surface area contributed by atoms with Crippen molar-refractivity contribution in [3.05, 3.63) is 0 Å². The van der Waals surface area contributed by atoms with E-state index in [1.165, 1.54) is 0 Å². The van der Waals surface area contributed by atoms with Gasteiger partial charge >= 0.3 is 5.97 Å². The second-order valence-corrected chi connectivity index (χ2v) is 3.52. The fraction of sp³-hybridized carbons (Fsp3) is 0.875. The monoisotopic (exact) mass is 171 g/mol. The molecule has 2 fully saturated rings. The van der Waals surface area contributed by atoms with Crippen LogP contribution in [0.15, 0.2) is 0 Å². The van der Waals surface area contributed by atoms with Gasteiger partial charge in [0, 0.05) is 13.2 Å². The van der Waals surface area contributed by atoms with Crippen LogP contribution >= 0.6 is 0 Å². The number of esters is 1. The number of hydrogen-bond acceptors (Lipinski definition) is 4. The summed E-state index contributed by atoms with van der Waals surface area (Å²) in [7, 11) is 1.57. The summed E-state index contributed by atoms with van der Waals surface area (Å²) in [6, 6.07) is 0.531. The van der Waals surface area contributed by atoms with Gasteiger partial charge in [0.25, 0.3) is 0 Å². The van der Waals surface area contributed by atoms with Crippen molar-refractivity contribution in [3.8, 4) is 0 Å². The maximum atomic E-state index is 11.2. The Labute approximate surface area is 71.4 Å². The molecule has 0 radical (unpaired) electrons. The van der Waals surface area contributed by atoms with Crippen LogP contribution in [0, 0.1) is 0 Å². The third-order valence-electron chi connectivity index (χ3n) is 2.48. The van der Waals surface area contributed by atoms with Crippen molar-refractivity contribution in [1.82, 2.24) is 4.90 Å². The Morgan fingerprint density at radius 1 is 1.58 bits per heavy atom. The SMILES string of the molecule is COC1OC(=O)C2C1N2C(C)C. The molecule has 4 atom stereocenters. The molecule has 4 heteroatoms. The Balaban J connectivity index is 2.07. The quantitative estimate of drug-likeness (QED) is 0.432. The normalized spacial score (nSPS) is 44.5. The molecule has 2 aliphatic heterocycles. The first-order valence-corrected chi connectivity index (χ1v) is 4.17. The zero-order valence-electron chi connectivity index (χ0n) is 7.48. The number of fused-ring (bicyclic) bond motifs is 1. The van der Waals surface area contributed by atoms with E-state index >= 15 is 0 Å². The van der Waals surface area contributed by atoms with Crippen molar-refractivity contribution in [2.24, 2.45) is 0 Å². The first kappa shape index (κ1) is 8.01. The Kier molecular flexibility index (Phi) is 1.63. The Hall–Kier alpha value is -0.610. The summed E-state index contributed by atoms with van der Waals surface area (Å²) in [4.78, 5) is 13.3. The van der Waals surface area contributed by atoms with Gasteiger partial charge in [-0.2, -0.15) is 0 Å². The predicted octanol–water partition coefficient (Wildman–Crippen LogP) is -0.0231. The van der Waals surface area contributed by atoms with Gasteiger partial charge in [0.1, 0.15) is 12.1 Å². The van der Waals surface area contributed by atoms with Crippen LogP contribution in [-0.2, 0) is 14.3 Å². The molecule has 2 aliphatic rings. The zero-order valence-corrected chi connectivity index (χ0v) is 7.48. The minimum Gasteiger partial charge on any atom is -0.433 e. The number of cyclic esters (lactones) is 1. The molecule has 2 heterocycles. The number of hydrogen-bond donors (Lipinski definition) is 0. The van der Waals surface area contributed by atoms with E-state index in [0.29, 0.717) is 6.04 Å². The molecule has 0 aliphatic carbocycles. The second-order valence-electron chi connectivity index (χ2n) is 3.52. The van der Waals surface area contributed by atoms with Crippen LogP contribution in [0.4, 0.5) is 0 Å². The fourth-order valence-electron chi connectivity index (χ4n) is 1.92. The number of carbonyl (C=O) groups excluding carboxylic acids is 1. The third-order valence-corrected chi connectivity index (χ3v) is 2.48. The molecule has 12 heavy (non-hydrogen) atoms. The number of nitrogens with zero attached hydrogens (tertiary/aromatic N) is 1. The summed E-state index contributed by atoms with van der Waals surface area (Å²) < 4.78 is 9.98. The lowest BCUT2D eigenvalue weighted by molar-refractivity contribution is -0.168. The van der Waals surface area contributed by atoms with Crippen LogP contribution in [0.25, 0.3) is 0 Å². The molecular formula is C8H13NO3. The second kappa shape index (κ2) is 2.44. The van der Waals surface area contributed by atoms with Gasteiger partial charge in [-0.15, -0.1) is 0 Å². The summed E-state index contributed by atoms with van der Waals surface area (Å²) >= 11 is 0. The molecule has 0 saturated carbocycles. The highest BCUT2D eigenvalue weighted by Crippen LogP contribution is 2.41. The number of morpholine rings is 1. The highest BCUT2D eigenvalue weighted by Gasteiger charge is 2.65. The van der Waals surface area contributed by atoms with Gasteiger partial charge in [0.15, 0.2) is 0 Å². The topological polar surface area (TPSA) is 38.5 Å². The van der Waals surface area contributed by atoms with Crippen LogP contribution in [0.5, 0.6) is 0 Å². The van der Waals surface area contributed by atoms with E-state index in [-0.39, 0.29) is 24.3 Å². The summed E-state index contributed by atoms with van der Waals surface area (Å²) in [6.07, 6.45) is -0.343. The van der Waals surface area contributed by atoms with Gasteiger partial charge in [-0.1, -0.05) is 0 Å². The lowest BCUT2D eigenvalue weighted by Crippen LogP contribution is -2.29. The standard InChI is InChI=1S/C8H13NO3/c1-4(2)9-5-6(9)8(11-3)12-7(5)10/h4-6,8H,1-3H3. The molecule has 4 nitrogen and oxygen atoms in total. The van der Waals surface area contributed by atoms with Gasteiger partial charge in [-0.25, -0.2) is 0 Å². The van der Waals surface area contributed by atoms with Gasteiger partial charge in [0.2, 0.25) is 6.29 Å². The largest absolute Gasteiger partial charge is 0.433 e. The molecule has 68 valence electrons. The van der Waals surface area contributed by atoms with Gasteiger partial charge in [-0.05, 0) is 13.8 Å². The van der Waals surface area contributed by atoms with E-state index in [0.717, 1.165) is 0 Å². The van der Waals surface area contributed by atoms with E-state index in [2.05, 4.69) is 18.7 Å². The zero-order chi connectivity index (χ0) is 8.88. The Morgan fingerprint density at radius 2 is 2.25 bits per heavy atom. The predicted molar refractivity (Wildman–Crippen MR) is 41.4 cm³/mol. The van der Waals surface area contributed by atoms with Crippen molar-refractivity contribution < 1.29 is 14.3 Å². The van der Waals surface area contributed by atoms with Crippen LogP contribution in [0.2, 0.25) is 0 Å². The summed E-state index contributed by atoms with van der Waals surface area (Å²) in [5, 5.41) is 0. The van der Waals surface area contributed by atoms with E-state index < -0.39 is 0 Å². The average Bonchev–Trinajstić information content (AvgIpc) is 2.67. The van der Waals surface area contributed by atoms with Crippen molar-refractivity contribution in [2.45, 2.75) is 38.3 Å². The molecule has 0 aromatic rings. The number of rotatable bonds is 2. The van der Waals surface area contributed by atoms with Crippen molar-refractivity contribution in [3.63, 3.8) is 0 Å². The van der Waals surface area contributed by atoms with Crippen LogP contribution in [0.3, 0.4) is 0 Å². The third kappa shape index (κ3) is 0.881. The highest BCUT2D eigenvalue weighted by atomic mass is 16.7. The van der Waals surface area contributed by atoms with Crippen molar-refractivity contribution >= 4 is 5.97 Å². The molecule has 0 amide bonds. The van der Waals surface area contributed by atoms with E-state index in [1.807, 2.05) is 0 Å². The number of carbonyl (C=O) groups is 1. The smallest absolute Gasteiger partial charge is 0.327 e. The molecule has 0 bridgehead atoms. The number of methoxy groups -OCH3 is 1. The lowest BCUT2D eigenvalue weighted by Gasteiger charge is -2.16. The first-order valence-electron chi connectivity index (χ1n) is 4.17. The molecule has 4 unspecified atom stereocenters. The van der Waals surface area contributed by atoms with Crippen LogP contribution in [-0.4, -0.2) is 42.4 Å². The molecule has 0 aromatic carbocycles. The summed E-state index contributed by atoms with van der Waals surface area (Å²) in [6.45, 7) is 4.14. The van der Waals surface area contributed by atoms with Gasteiger partial charge < -0.3 is 9.47 Å². The summed E-state index contributed by atoms with van der Waals surface area (Å²) in [5.74, 6) is -0.138. The Morgan fingerprint density at radius 3 is 2.67 bits per heavy atom. The molecule has 0 N–H and O–H groups in total.